The number of hydrogen-bond acceptors (Lipinski definition) is 3. The molecule has 1 rings (SSSR count). The zero-order valence-electron chi connectivity index (χ0n) is 15.1. The summed E-state index contributed by atoms with van der Waals surface area (Å²) in [6.07, 6.45) is 1.92. The first-order valence-electron chi connectivity index (χ1n) is 7.87. The highest BCUT2D eigenvalue weighted by Gasteiger charge is 2.21. The van der Waals surface area contributed by atoms with Crippen molar-refractivity contribution < 1.29 is 8.42 Å². The predicted octanol–water partition coefficient (Wildman–Crippen LogP) is 2.38. The number of nitrogens with zero attached hydrogens (tertiary/aromatic N) is 1. The molecule has 0 saturated carbocycles. The lowest BCUT2D eigenvalue weighted by molar-refractivity contribution is 0.464. The molecule has 1 aromatic carbocycles. The molecule has 0 heterocycles. The number of benzene rings is 1. The standard InChI is InChI=1S/C16H27ClN4O2S.HI/c1-5-18-15(20-12-16(2,3)21-24(4,22)23)19-11-10-13-8-6-7-9-14(13)17;/h6-9,21H,5,10-12H2,1-4H3,(H2,18,19,20);1H. The average molecular weight is 503 g/mol. The first-order valence-corrected chi connectivity index (χ1v) is 10.1. The molecule has 0 fully saturated rings. The monoisotopic (exact) mass is 502 g/mol. The van der Waals surface area contributed by atoms with Gasteiger partial charge in [-0.05, 0) is 38.8 Å². The third-order valence-electron chi connectivity index (χ3n) is 3.08. The quantitative estimate of drug-likeness (QED) is 0.290. The average Bonchev–Trinajstić information content (AvgIpc) is 2.44. The Balaban J connectivity index is 0.00000576. The Labute approximate surface area is 173 Å². The Morgan fingerprint density at radius 2 is 1.88 bits per heavy atom. The molecule has 0 aromatic heterocycles. The highest BCUT2D eigenvalue weighted by molar-refractivity contribution is 14.0. The van der Waals surface area contributed by atoms with Gasteiger partial charge in [0, 0.05) is 23.7 Å². The van der Waals surface area contributed by atoms with Crippen LogP contribution in [-0.2, 0) is 16.4 Å². The maximum Gasteiger partial charge on any atom is 0.209 e. The SMILES string of the molecule is CCNC(=NCC(C)(C)NS(C)(=O)=O)NCCc1ccccc1Cl.I. The summed E-state index contributed by atoms with van der Waals surface area (Å²) >= 11 is 6.14. The second-order valence-electron chi connectivity index (χ2n) is 6.22. The van der Waals surface area contributed by atoms with Gasteiger partial charge in [-0.25, -0.2) is 13.1 Å². The van der Waals surface area contributed by atoms with Crippen molar-refractivity contribution in [1.29, 1.82) is 0 Å². The minimum atomic E-state index is -3.27. The fourth-order valence-electron chi connectivity index (χ4n) is 2.17. The van der Waals surface area contributed by atoms with E-state index in [0.29, 0.717) is 19.0 Å². The van der Waals surface area contributed by atoms with Crippen molar-refractivity contribution >= 4 is 51.6 Å². The van der Waals surface area contributed by atoms with E-state index in [0.717, 1.165) is 29.8 Å². The van der Waals surface area contributed by atoms with E-state index in [1.807, 2.05) is 31.2 Å². The molecule has 0 radical (unpaired) electrons. The number of hydrogen-bond donors (Lipinski definition) is 3. The van der Waals surface area contributed by atoms with Gasteiger partial charge in [0.25, 0.3) is 0 Å². The van der Waals surface area contributed by atoms with E-state index in [1.54, 1.807) is 13.8 Å². The Morgan fingerprint density at radius 1 is 1.24 bits per heavy atom. The van der Waals surface area contributed by atoms with Crippen LogP contribution in [-0.4, -0.2) is 45.8 Å². The van der Waals surface area contributed by atoms with Gasteiger partial charge in [0.2, 0.25) is 10.0 Å². The normalized spacial score (nSPS) is 12.4. The number of nitrogens with one attached hydrogen (secondary N) is 3. The maximum atomic E-state index is 11.4. The molecular formula is C16H28ClIN4O2S. The number of guanidine groups is 1. The molecule has 0 bridgehead atoms. The number of sulfonamides is 1. The molecule has 0 spiro atoms. The second-order valence-corrected chi connectivity index (χ2v) is 8.38. The van der Waals surface area contributed by atoms with Gasteiger partial charge in [-0.15, -0.1) is 24.0 Å². The molecule has 144 valence electrons. The molecule has 0 atom stereocenters. The minimum Gasteiger partial charge on any atom is -0.357 e. The van der Waals surface area contributed by atoms with Gasteiger partial charge in [0.05, 0.1) is 12.8 Å². The number of halogens is 2. The topological polar surface area (TPSA) is 82.6 Å². The van der Waals surface area contributed by atoms with Crippen molar-refractivity contribution in [2.45, 2.75) is 32.7 Å². The molecule has 0 saturated heterocycles. The maximum absolute atomic E-state index is 11.4. The van der Waals surface area contributed by atoms with Gasteiger partial charge in [0.15, 0.2) is 5.96 Å². The van der Waals surface area contributed by atoms with E-state index < -0.39 is 15.6 Å². The third kappa shape index (κ3) is 10.9. The Hall–Kier alpha value is -0.580. The molecule has 25 heavy (non-hydrogen) atoms. The van der Waals surface area contributed by atoms with E-state index in [9.17, 15) is 8.42 Å². The summed E-state index contributed by atoms with van der Waals surface area (Å²) < 4.78 is 25.3. The predicted molar refractivity (Wildman–Crippen MR) is 117 cm³/mol. The van der Waals surface area contributed by atoms with Crippen LogP contribution in [0.15, 0.2) is 29.3 Å². The minimum absolute atomic E-state index is 0. The smallest absolute Gasteiger partial charge is 0.209 e. The molecular weight excluding hydrogens is 475 g/mol. The molecule has 0 aliphatic heterocycles. The molecule has 0 amide bonds. The summed E-state index contributed by atoms with van der Waals surface area (Å²) in [6, 6.07) is 7.73. The summed E-state index contributed by atoms with van der Waals surface area (Å²) in [6.45, 7) is 7.29. The second kappa shape index (κ2) is 11.2. The van der Waals surface area contributed by atoms with Crippen LogP contribution in [0.1, 0.15) is 26.3 Å². The van der Waals surface area contributed by atoms with Gasteiger partial charge < -0.3 is 10.6 Å². The van der Waals surface area contributed by atoms with Crippen LogP contribution in [0.5, 0.6) is 0 Å². The highest BCUT2D eigenvalue weighted by atomic mass is 127. The van der Waals surface area contributed by atoms with Gasteiger partial charge in [0.1, 0.15) is 0 Å². The molecule has 0 aliphatic carbocycles. The molecule has 6 nitrogen and oxygen atoms in total. The summed E-state index contributed by atoms with van der Waals surface area (Å²) in [7, 11) is -3.27. The van der Waals surface area contributed by atoms with Crippen molar-refractivity contribution in [3.63, 3.8) is 0 Å². The highest BCUT2D eigenvalue weighted by Crippen LogP contribution is 2.14. The molecule has 3 N–H and O–H groups in total. The number of aliphatic imine (C=N–C) groups is 1. The van der Waals surface area contributed by atoms with Crippen LogP contribution in [0.3, 0.4) is 0 Å². The van der Waals surface area contributed by atoms with Gasteiger partial charge in [-0.2, -0.15) is 0 Å². The van der Waals surface area contributed by atoms with Crippen molar-refractivity contribution in [2.75, 3.05) is 25.9 Å². The fourth-order valence-corrected chi connectivity index (χ4v) is 3.47. The van der Waals surface area contributed by atoms with E-state index in [-0.39, 0.29) is 24.0 Å². The zero-order chi connectivity index (χ0) is 18.2. The van der Waals surface area contributed by atoms with E-state index in [2.05, 4.69) is 20.3 Å². The summed E-state index contributed by atoms with van der Waals surface area (Å²) in [5.41, 5.74) is 0.417. The van der Waals surface area contributed by atoms with E-state index >= 15 is 0 Å². The van der Waals surface area contributed by atoms with Crippen molar-refractivity contribution in [3.8, 4) is 0 Å². The molecule has 0 unspecified atom stereocenters. The first kappa shape index (κ1) is 24.4. The lowest BCUT2D eigenvalue weighted by atomic mass is 10.1. The van der Waals surface area contributed by atoms with Gasteiger partial charge in [-0.1, -0.05) is 29.8 Å². The van der Waals surface area contributed by atoms with Gasteiger partial charge in [-0.3, -0.25) is 4.99 Å². The molecule has 0 aliphatic rings. The van der Waals surface area contributed by atoms with Crippen molar-refractivity contribution in [2.24, 2.45) is 4.99 Å². The van der Waals surface area contributed by atoms with Crippen LogP contribution in [0.4, 0.5) is 0 Å². The first-order chi connectivity index (χ1) is 11.1. The lowest BCUT2D eigenvalue weighted by Gasteiger charge is -2.23. The Morgan fingerprint density at radius 3 is 2.44 bits per heavy atom. The van der Waals surface area contributed by atoms with Gasteiger partial charge >= 0.3 is 0 Å². The van der Waals surface area contributed by atoms with Crippen LogP contribution in [0.25, 0.3) is 0 Å². The van der Waals surface area contributed by atoms with Crippen LogP contribution < -0.4 is 15.4 Å². The van der Waals surface area contributed by atoms with Crippen molar-refractivity contribution in [3.05, 3.63) is 34.9 Å². The molecule has 9 heteroatoms. The zero-order valence-corrected chi connectivity index (χ0v) is 19.0. The van der Waals surface area contributed by atoms with Crippen LogP contribution in [0.2, 0.25) is 5.02 Å². The summed E-state index contributed by atoms with van der Waals surface area (Å²) in [5.74, 6) is 0.646. The van der Waals surface area contributed by atoms with Crippen molar-refractivity contribution in [1.82, 2.24) is 15.4 Å². The van der Waals surface area contributed by atoms with E-state index in [1.165, 1.54) is 0 Å². The Kier molecular flexibility index (Phi) is 10.9. The lowest BCUT2D eigenvalue weighted by Crippen LogP contribution is -2.47. The summed E-state index contributed by atoms with van der Waals surface area (Å²) in [5, 5.41) is 7.13. The largest absolute Gasteiger partial charge is 0.357 e. The third-order valence-corrected chi connectivity index (χ3v) is 4.38. The fraction of sp³-hybridized carbons (Fsp3) is 0.562. The molecule has 1 aromatic rings. The number of rotatable bonds is 8. The Bertz CT molecular complexity index is 666. The summed E-state index contributed by atoms with van der Waals surface area (Å²) in [4.78, 5) is 4.46. The van der Waals surface area contributed by atoms with Crippen LogP contribution >= 0.6 is 35.6 Å². The van der Waals surface area contributed by atoms with Crippen LogP contribution in [0, 0.1) is 0 Å². The van der Waals surface area contributed by atoms with E-state index in [4.69, 9.17) is 11.6 Å².